The largest absolute Gasteiger partial charge is 0.265 e. The van der Waals surface area contributed by atoms with E-state index in [-0.39, 0.29) is 3.70 Å². The number of alkyl halides is 2. The minimum absolute atomic E-state index is 0.0912. The lowest BCUT2D eigenvalue weighted by Gasteiger charge is -2.07. The van der Waals surface area contributed by atoms with Crippen LogP contribution in [-0.2, 0) is 9.05 Å². The maximum absolute atomic E-state index is 12.6. The molecule has 0 radical (unpaired) electrons. The predicted molar refractivity (Wildman–Crippen MR) is 59.7 cm³/mol. The van der Waals surface area contributed by atoms with E-state index >= 15 is 0 Å². The van der Waals surface area contributed by atoms with Gasteiger partial charge in [0, 0.05) is 16.2 Å². The molecule has 4 nitrogen and oxygen atoms in total. The fourth-order valence-electron chi connectivity index (χ4n) is 1.01. The third-order valence-electron chi connectivity index (χ3n) is 1.56. The second-order valence-corrected chi connectivity index (χ2v) is 6.17. The first-order chi connectivity index (χ1) is 7.27. The SMILES string of the molecule is N#Cc1nc(I)cc(C(F)F)c1S(=O)(=O)Cl. The summed E-state index contributed by atoms with van der Waals surface area (Å²) >= 11 is 1.60. The highest BCUT2D eigenvalue weighted by atomic mass is 127. The second kappa shape index (κ2) is 4.77. The summed E-state index contributed by atoms with van der Waals surface area (Å²) in [5.41, 5.74) is -1.44. The highest BCUT2D eigenvalue weighted by Crippen LogP contribution is 2.31. The van der Waals surface area contributed by atoms with E-state index < -0.39 is 31.6 Å². The molecule has 0 unspecified atom stereocenters. The summed E-state index contributed by atoms with van der Waals surface area (Å²) in [5, 5.41) is 8.63. The van der Waals surface area contributed by atoms with Crippen LogP contribution in [0.4, 0.5) is 8.78 Å². The first-order valence-corrected chi connectivity index (χ1v) is 6.99. The minimum Gasteiger partial charge on any atom is -0.230 e. The zero-order valence-electron chi connectivity index (χ0n) is 7.29. The maximum Gasteiger partial charge on any atom is 0.265 e. The van der Waals surface area contributed by atoms with Gasteiger partial charge in [-0.2, -0.15) is 5.26 Å². The maximum atomic E-state index is 12.6. The van der Waals surface area contributed by atoms with E-state index in [4.69, 9.17) is 15.9 Å². The van der Waals surface area contributed by atoms with Crippen LogP contribution in [-0.4, -0.2) is 13.4 Å². The molecule has 9 heteroatoms. The Kier molecular flexibility index (Phi) is 4.03. The zero-order chi connectivity index (χ0) is 12.5. The molecule has 86 valence electrons. The summed E-state index contributed by atoms with van der Waals surface area (Å²) in [4.78, 5) is 2.61. The molecule has 0 aliphatic rings. The van der Waals surface area contributed by atoms with Crippen LogP contribution < -0.4 is 0 Å². The Labute approximate surface area is 108 Å². The predicted octanol–water partition coefficient (Wildman–Crippen LogP) is 2.42. The van der Waals surface area contributed by atoms with Crippen molar-refractivity contribution in [2.75, 3.05) is 0 Å². The van der Waals surface area contributed by atoms with E-state index in [1.165, 1.54) is 6.07 Å². The number of hydrogen-bond donors (Lipinski definition) is 0. The summed E-state index contributed by atoms with van der Waals surface area (Å²) in [6.07, 6.45) is -3.05. The molecule has 0 amide bonds. The van der Waals surface area contributed by atoms with Gasteiger partial charge in [-0.1, -0.05) is 0 Å². The molecule has 0 saturated carbocycles. The van der Waals surface area contributed by atoms with Gasteiger partial charge in [0.1, 0.15) is 14.7 Å². The average Bonchev–Trinajstić information content (AvgIpc) is 2.14. The first kappa shape index (κ1) is 13.5. The third-order valence-corrected chi connectivity index (χ3v) is 3.49. The average molecular weight is 379 g/mol. The van der Waals surface area contributed by atoms with Gasteiger partial charge in [-0.25, -0.2) is 22.2 Å². The van der Waals surface area contributed by atoms with Gasteiger partial charge < -0.3 is 0 Å². The molecule has 16 heavy (non-hydrogen) atoms. The van der Waals surface area contributed by atoms with Crippen molar-refractivity contribution in [3.8, 4) is 6.07 Å². The van der Waals surface area contributed by atoms with Crippen molar-refractivity contribution in [1.82, 2.24) is 4.98 Å². The molecule has 1 heterocycles. The Hall–Kier alpha value is -0.530. The molecule has 1 rings (SSSR count). The molecule has 0 fully saturated rings. The molecule has 0 aliphatic heterocycles. The number of hydrogen-bond acceptors (Lipinski definition) is 4. The lowest BCUT2D eigenvalue weighted by molar-refractivity contribution is 0.147. The van der Waals surface area contributed by atoms with Crippen molar-refractivity contribution >= 4 is 42.3 Å². The summed E-state index contributed by atoms with van der Waals surface area (Å²) < 4.78 is 47.4. The molecule has 0 atom stereocenters. The highest BCUT2D eigenvalue weighted by Gasteiger charge is 2.27. The van der Waals surface area contributed by atoms with Crippen molar-refractivity contribution in [3.05, 3.63) is 21.0 Å². The summed E-state index contributed by atoms with van der Waals surface area (Å²) in [6, 6.07) is 2.30. The van der Waals surface area contributed by atoms with Crippen LogP contribution >= 0.6 is 33.3 Å². The lowest BCUT2D eigenvalue weighted by Crippen LogP contribution is -2.05. The molecule has 0 spiro atoms. The van der Waals surface area contributed by atoms with E-state index in [0.29, 0.717) is 0 Å². The Morgan fingerprint density at radius 2 is 2.12 bits per heavy atom. The van der Waals surface area contributed by atoms with Crippen LogP contribution in [0.25, 0.3) is 0 Å². The summed E-state index contributed by atoms with van der Waals surface area (Å²) in [6.45, 7) is 0. The van der Waals surface area contributed by atoms with Crippen molar-refractivity contribution < 1.29 is 17.2 Å². The molecule has 0 aliphatic carbocycles. The van der Waals surface area contributed by atoms with Gasteiger partial charge >= 0.3 is 0 Å². The van der Waals surface area contributed by atoms with Gasteiger partial charge in [0.2, 0.25) is 0 Å². The fraction of sp³-hybridized carbons (Fsp3) is 0.143. The van der Waals surface area contributed by atoms with Crippen LogP contribution in [0.1, 0.15) is 17.7 Å². The van der Waals surface area contributed by atoms with Crippen LogP contribution in [0.5, 0.6) is 0 Å². The third kappa shape index (κ3) is 2.78. The molecule has 0 aromatic carbocycles. The molecule has 0 N–H and O–H groups in total. The Bertz CT molecular complexity index is 570. The first-order valence-electron chi connectivity index (χ1n) is 3.60. The van der Waals surface area contributed by atoms with Crippen LogP contribution in [0, 0.1) is 15.0 Å². The number of nitriles is 1. The number of pyridine rings is 1. The number of nitrogens with zero attached hydrogens (tertiary/aromatic N) is 2. The van der Waals surface area contributed by atoms with Gasteiger partial charge in [0.05, 0.1) is 0 Å². The standard InChI is InChI=1S/C7H2ClF2IN2O2S/c8-16(14,15)6-3(7(9)10)1-5(11)13-4(6)2-12/h1,7H. The fourth-order valence-corrected chi connectivity index (χ4v) is 2.83. The summed E-state index contributed by atoms with van der Waals surface area (Å²) in [7, 11) is 0.555. The molecule has 0 saturated heterocycles. The molecule has 1 aromatic rings. The molecule has 1 aromatic heterocycles. The van der Waals surface area contributed by atoms with Crippen LogP contribution in [0.2, 0.25) is 0 Å². The summed E-state index contributed by atoms with van der Waals surface area (Å²) in [5.74, 6) is 0. The highest BCUT2D eigenvalue weighted by molar-refractivity contribution is 14.1. The molecular formula is C7H2ClF2IN2O2S. The van der Waals surface area contributed by atoms with Crippen LogP contribution in [0.15, 0.2) is 11.0 Å². The van der Waals surface area contributed by atoms with Crippen molar-refractivity contribution in [2.45, 2.75) is 11.3 Å². The van der Waals surface area contributed by atoms with Crippen LogP contribution in [0.3, 0.4) is 0 Å². The number of rotatable bonds is 2. The molecule has 0 bridgehead atoms. The van der Waals surface area contributed by atoms with E-state index in [0.717, 1.165) is 6.07 Å². The zero-order valence-corrected chi connectivity index (χ0v) is 11.0. The van der Waals surface area contributed by atoms with Gasteiger partial charge in [-0.15, -0.1) is 0 Å². The lowest BCUT2D eigenvalue weighted by atomic mass is 10.2. The Morgan fingerprint density at radius 3 is 2.50 bits per heavy atom. The van der Waals surface area contributed by atoms with E-state index in [9.17, 15) is 17.2 Å². The smallest absolute Gasteiger partial charge is 0.230 e. The number of aromatic nitrogens is 1. The Balaban J connectivity index is 3.74. The van der Waals surface area contributed by atoms with Gasteiger partial charge in [-0.3, -0.25) is 0 Å². The molecular weight excluding hydrogens is 377 g/mol. The normalized spacial score (nSPS) is 11.5. The minimum atomic E-state index is -4.43. The van der Waals surface area contributed by atoms with Gasteiger partial charge in [-0.05, 0) is 28.7 Å². The van der Waals surface area contributed by atoms with Gasteiger partial charge in [0.15, 0.2) is 5.69 Å². The van der Waals surface area contributed by atoms with Crippen molar-refractivity contribution in [2.24, 2.45) is 0 Å². The second-order valence-electron chi connectivity index (χ2n) is 2.56. The van der Waals surface area contributed by atoms with E-state index in [1.54, 1.807) is 22.6 Å². The van der Waals surface area contributed by atoms with E-state index in [2.05, 4.69) is 4.98 Å². The van der Waals surface area contributed by atoms with Crippen molar-refractivity contribution in [1.29, 1.82) is 5.26 Å². The van der Waals surface area contributed by atoms with Crippen molar-refractivity contribution in [3.63, 3.8) is 0 Å². The topological polar surface area (TPSA) is 70.8 Å². The number of halogens is 4. The van der Waals surface area contributed by atoms with Gasteiger partial charge in [0.25, 0.3) is 15.5 Å². The van der Waals surface area contributed by atoms with E-state index in [1.807, 2.05) is 0 Å². The monoisotopic (exact) mass is 378 g/mol. The quantitative estimate of drug-likeness (QED) is 0.450. The Morgan fingerprint density at radius 1 is 1.56 bits per heavy atom.